The topological polar surface area (TPSA) is 142 Å². The highest BCUT2D eigenvalue weighted by atomic mass is 16.5. The van der Waals surface area contributed by atoms with Crippen molar-refractivity contribution in [3.8, 4) is 17.2 Å². The number of aromatic nitrogens is 2. The summed E-state index contributed by atoms with van der Waals surface area (Å²) in [5.41, 5.74) is 0.758. The highest BCUT2D eigenvalue weighted by molar-refractivity contribution is 6.31. The van der Waals surface area contributed by atoms with Crippen LogP contribution in [0.5, 0.6) is 17.2 Å². The number of benzene rings is 2. The van der Waals surface area contributed by atoms with Crippen molar-refractivity contribution in [3.05, 3.63) is 69.9 Å². The van der Waals surface area contributed by atoms with E-state index in [1.54, 1.807) is 13.8 Å². The summed E-state index contributed by atoms with van der Waals surface area (Å²) in [6.45, 7) is 6.61. The van der Waals surface area contributed by atoms with E-state index in [1.165, 1.54) is 26.3 Å². The standard InChI is InChI=1S/C33H35N3O6/c1-17-28(39)26(19(3)37)30-27(29(17)40)32(4)23(42-30)14-22(38)25(31(32)41)18(2)34-16-33(12-8-5-9-13-33)15-24-35-20-10-6-7-11-21(20)36-24/h6-7,10-11,14,34,39-40H,5,8-9,12-13,15-16H2,1-4H3,(H,35,36)/t32-/m0/s1. The van der Waals surface area contributed by atoms with Crippen molar-refractivity contribution < 1.29 is 29.3 Å². The first-order valence-corrected chi connectivity index (χ1v) is 14.4. The molecule has 3 aliphatic rings. The van der Waals surface area contributed by atoms with E-state index in [1.807, 2.05) is 24.3 Å². The Morgan fingerprint density at radius 2 is 1.81 bits per heavy atom. The number of carbonyl (C=O) groups is 3. The van der Waals surface area contributed by atoms with E-state index in [0.717, 1.165) is 49.0 Å². The van der Waals surface area contributed by atoms with Gasteiger partial charge in [0.05, 0.1) is 22.2 Å². The van der Waals surface area contributed by atoms with Gasteiger partial charge >= 0.3 is 0 Å². The summed E-state index contributed by atoms with van der Waals surface area (Å²) in [7, 11) is 0. The molecule has 218 valence electrons. The largest absolute Gasteiger partial charge is 0.507 e. The number of ether oxygens (including phenoxy) is 1. The molecule has 2 aliphatic carbocycles. The zero-order chi connectivity index (χ0) is 30.0. The minimum absolute atomic E-state index is 0.0121. The fourth-order valence-corrected chi connectivity index (χ4v) is 6.93. The van der Waals surface area contributed by atoms with Gasteiger partial charge in [0, 0.05) is 30.3 Å². The smallest absolute Gasteiger partial charge is 0.194 e. The number of allylic oxidation sites excluding steroid dienone is 4. The molecule has 2 aromatic carbocycles. The number of Topliss-reactive ketones (excluding diaryl/α,β-unsaturated/α-hetero) is 2. The second kappa shape index (κ2) is 9.86. The zero-order valence-electron chi connectivity index (χ0n) is 24.3. The van der Waals surface area contributed by atoms with Gasteiger partial charge in [-0.3, -0.25) is 14.4 Å². The molecule has 0 saturated heterocycles. The van der Waals surface area contributed by atoms with E-state index in [0.29, 0.717) is 12.2 Å². The number of hydrogen-bond acceptors (Lipinski definition) is 8. The summed E-state index contributed by atoms with van der Waals surface area (Å²) >= 11 is 0. The van der Waals surface area contributed by atoms with Crippen LogP contribution in [0.15, 0.2) is 47.4 Å². The molecule has 1 fully saturated rings. The van der Waals surface area contributed by atoms with Crippen LogP contribution in [-0.2, 0) is 21.4 Å². The Balaban J connectivity index is 1.34. The fraction of sp³-hybridized carbons (Fsp3) is 0.394. The van der Waals surface area contributed by atoms with Gasteiger partial charge < -0.3 is 25.3 Å². The van der Waals surface area contributed by atoms with Crippen LogP contribution in [0.4, 0.5) is 0 Å². The molecule has 2 heterocycles. The molecule has 4 N–H and O–H groups in total. The molecular formula is C33H35N3O6. The number of imidazole rings is 1. The number of aromatic hydroxyl groups is 2. The first-order chi connectivity index (χ1) is 20.0. The monoisotopic (exact) mass is 569 g/mol. The number of fused-ring (bicyclic) bond motifs is 4. The maximum atomic E-state index is 14.2. The van der Waals surface area contributed by atoms with Crippen LogP contribution in [0, 0.1) is 12.3 Å². The molecule has 9 nitrogen and oxygen atoms in total. The lowest BCUT2D eigenvalue weighted by molar-refractivity contribution is -0.123. The van der Waals surface area contributed by atoms with E-state index < -0.39 is 28.5 Å². The lowest BCUT2D eigenvalue weighted by atomic mass is 9.69. The van der Waals surface area contributed by atoms with Crippen molar-refractivity contribution in [1.82, 2.24) is 15.3 Å². The maximum absolute atomic E-state index is 14.2. The fourth-order valence-electron chi connectivity index (χ4n) is 6.93. The third-order valence-electron chi connectivity index (χ3n) is 9.38. The van der Waals surface area contributed by atoms with Gasteiger partial charge in [-0.05, 0) is 58.1 Å². The molecule has 1 aromatic heterocycles. The summed E-state index contributed by atoms with van der Waals surface area (Å²) in [5, 5.41) is 25.1. The first kappa shape index (κ1) is 27.8. The summed E-state index contributed by atoms with van der Waals surface area (Å²) in [6.07, 6.45) is 7.35. The number of aromatic amines is 1. The molecule has 0 bridgehead atoms. The van der Waals surface area contributed by atoms with Crippen LogP contribution < -0.4 is 10.1 Å². The van der Waals surface area contributed by atoms with Gasteiger partial charge in [-0.1, -0.05) is 31.4 Å². The van der Waals surface area contributed by atoms with Gasteiger partial charge in [-0.2, -0.15) is 0 Å². The number of carbonyl (C=O) groups excluding carboxylic acids is 3. The molecule has 1 saturated carbocycles. The van der Waals surface area contributed by atoms with Crippen molar-refractivity contribution in [2.75, 3.05) is 6.54 Å². The predicted octanol–water partition coefficient (Wildman–Crippen LogP) is 5.23. The number of hydrogen-bond donors (Lipinski definition) is 4. The number of nitrogens with one attached hydrogen (secondary N) is 2. The van der Waals surface area contributed by atoms with Gasteiger partial charge in [0.2, 0.25) is 0 Å². The first-order valence-electron chi connectivity index (χ1n) is 14.4. The van der Waals surface area contributed by atoms with Crippen molar-refractivity contribution in [2.45, 2.75) is 71.6 Å². The van der Waals surface area contributed by atoms with Crippen molar-refractivity contribution in [2.24, 2.45) is 5.41 Å². The Kier molecular flexibility index (Phi) is 6.51. The van der Waals surface area contributed by atoms with Crippen LogP contribution in [0.1, 0.15) is 80.2 Å². The van der Waals surface area contributed by atoms with Crippen LogP contribution in [0.2, 0.25) is 0 Å². The van der Waals surface area contributed by atoms with Gasteiger partial charge in [-0.25, -0.2) is 4.98 Å². The molecule has 0 radical (unpaired) electrons. The Hall–Kier alpha value is -4.40. The third-order valence-corrected chi connectivity index (χ3v) is 9.38. The normalized spacial score (nSPS) is 22.3. The number of nitrogens with zero attached hydrogens (tertiary/aromatic N) is 1. The van der Waals surface area contributed by atoms with Gasteiger partial charge in [-0.15, -0.1) is 0 Å². The lowest BCUT2D eigenvalue weighted by Crippen LogP contribution is -2.43. The number of phenolic OH excluding ortho intramolecular Hbond substituents is 2. The number of H-pyrrole nitrogens is 1. The SMILES string of the molecule is CC(=O)c1c(O)c(C)c(O)c2c1OC1=CC(=O)C(=C(C)NCC3(Cc4nc5ccccc5[nH]4)CCCCC3)C(=O)[C@@]12C. The van der Waals surface area contributed by atoms with Crippen LogP contribution >= 0.6 is 0 Å². The quantitative estimate of drug-likeness (QED) is 0.180. The number of para-hydroxylation sites is 2. The number of phenols is 2. The second-order valence-corrected chi connectivity index (χ2v) is 12.2. The summed E-state index contributed by atoms with van der Waals surface area (Å²) < 4.78 is 5.88. The highest BCUT2D eigenvalue weighted by Gasteiger charge is 2.56. The maximum Gasteiger partial charge on any atom is 0.194 e. The molecule has 1 aliphatic heterocycles. The van der Waals surface area contributed by atoms with E-state index in [4.69, 9.17) is 9.72 Å². The number of ketones is 3. The minimum atomic E-state index is -1.54. The molecule has 0 unspecified atom stereocenters. The molecule has 0 spiro atoms. The molecular weight excluding hydrogens is 534 g/mol. The van der Waals surface area contributed by atoms with Gasteiger partial charge in [0.1, 0.15) is 39.8 Å². The molecule has 0 amide bonds. The van der Waals surface area contributed by atoms with Gasteiger partial charge in [0.25, 0.3) is 0 Å². The van der Waals surface area contributed by atoms with Gasteiger partial charge in [0.15, 0.2) is 17.3 Å². The Morgan fingerprint density at radius 3 is 2.50 bits per heavy atom. The molecule has 42 heavy (non-hydrogen) atoms. The lowest BCUT2D eigenvalue weighted by Gasteiger charge is -2.38. The highest BCUT2D eigenvalue weighted by Crippen LogP contribution is 2.57. The van der Waals surface area contributed by atoms with Crippen molar-refractivity contribution >= 4 is 28.4 Å². The molecule has 1 atom stereocenters. The van der Waals surface area contributed by atoms with Crippen molar-refractivity contribution in [1.29, 1.82) is 0 Å². The average molecular weight is 570 g/mol. The van der Waals surface area contributed by atoms with E-state index >= 15 is 0 Å². The van der Waals surface area contributed by atoms with Crippen molar-refractivity contribution in [3.63, 3.8) is 0 Å². The van der Waals surface area contributed by atoms with E-state index in [2.05, 4.69) is 10.3 Å². The average Bonchev–Trinajstić information content (AvgIpc) is 3.49. The summed E-state index contributed by atoms with van der Waals surface area (Å²) in [6, 6.07) is 7.95. The Morgan fingerprint density at radius 1 is 1.10 bits per heavy atom. The summed E-state index contributed by atoms with van der Waals surface area (Å²) in [4.78, 5) is 48.3. The van der Waals surface area contributed by atoms with Crippen LogP contribution in [0.3, 0.4) is 0 Å². The predicted molar refractivity (Wildman–Crippen MR) is 157 cm³/mol. The van der Waals surface area contributed by atoms with E-state index in [-0.39, 0.29) is 44.9 Å². The Labute approximate surface area is 243 Å². The zero-order valence-corrected chi connectivity index (χ0v) is 24.3. The van der Waals surface area contributed by atoms with Crippen LogP contribution in [0.25, 0.3) is 11.0 Å². The summed E-state index contributed by atoms with van der Waals surface area (Å²) in [5.74, 6) is -1.40. The van der Waals surface area contributed by atoms with E-state index in [9.17, 15) is 24.6 Å². The number of rotatable bonds is 6. The minimum Gasteiger partial charge on any atom is -0.507 e. The Bertz CT molecular complexity index is 1710. The third kappa shape index (κ3) is 4.13. The molecule has 9 heteroatoms. The molecule has 6 rings (SSSR count). The van der Waals surface area contributed by atoms with Crippen LogP contribution in [-0.4, -0.2) is 44.1 Å². The second-order valence-electron chi connectivity index (χ2n) is 12.2. The molecule has 3 aromatic rings.